The maximum Gasteiger partial charge on any atom is 0.306 e. The van der Waals surface area contributed by atoms with Gasteiger partial charge in [-0.05, 0) is 96.3 Å². The molecule has 1 aliphatic rings. The van der Waals surface area contributed by atoms with Crippen molar-refractivity contribution in [2.24, 2.45) is 0 Å². The minimum atomic E-state index is -1.62. The summed E-state index contributed by atoms with van der Waals surface area (Å²) in [5, 5.41) is 57.4. The number of nitrogens with one attached hydrogen (secondary N) is 1. The summed E-state index contributed by atoms with van der Waals surface area (Å²) in [5.41, 5.74) is 0. The summed E-state index contributed by atoms with van der Waals surface area (Å²) < 4.78 is 17.7. The number of carbonyl (C=O) groups is 2. The van der Waals surface area contributed by atoms with Crippen molar-refractivity contribution in [3.05, 3.63) is 72.9 Å². The number of amides is 1. The zero-order chi connectivity index (χ0) is 67.4. The van der Waals surface area contributed by atoms with Crippen LogP contribution in [0.25, 0.3) is 0 Å². The quantitative estimate of drug-likeness (QED) is 0.0195. The van der Waals surface area contributed by atoms with E-state index >= 15 is 0 Å². The van der Waals surface area contributed by atoms with E-state index in [0.29, 0.717) is 19.3 Å². The Morgan fingerprint density at radius 1 is 0.419 bits per heavy atom. The van der Waals surface area contributed by atoms with Gasteiger partial charge in [-0.1, -0.05) is 344 Å². The number of rotatable bonds is 69. The number of allylic oxidation sites excluding steroid dienone is 11. The molecule has 0 aromatic heterocycles. The van der Waals surface area contributed by atoms with Gasteiger partial charge in [0.15, 0.2) is 12.4 Å². The van der Waals surface area contributed by atoms with Crippen LogP contribution in [0.1, 0.15) is 374 Å². The van der Waals surface area contributed by atoms with E-state index < -0.39 is 67.4 Å². The molecule has 8 unspecified atom stereocenters. The van der Waals surface area contributed by atoms with Gasteiger partial charge in [-0.25, -0.2) is 0 Å². The van der Waals surface area contributed by atoms with Gasteiger partial charge in [0.1, 0.15) is 24.4 Å². The summed E-state index contributed by atoms with van der Waals surface area (Å²) in [6.45, 7) is 5.79. The largest absolute Gasteiger partial charge is 0.454 e. The standard InChI is InChI=1S/C82H149NO10/c1-4-7-10-13-16-19-22-24-26-28-30-32-34-36-38-40-42-44-46-48-50-52-55-58-61-64-67-70-77(87)93-80-79(89)78(88)76(71-84)92-82(80)91-72-73(74(85)68-65-62-59-56-53-21-18-15-12-9-6-3)83-81(90)75(86)69-66-63-60-57-54-51-49-47-45-43-41-39-37-35-33-31-29-27-25-23-20-17-14-11-8-5-2/h16-17,19-20,24-27,31,33,65,68,73-76,78-80,82,84-86,88-89H,4-15,18,21-23,28-30,32,34-64,66-67,69-72H2,1-3H3,(H,83,90)/b19-16-,20-17-,26-24-,27-25-,33-31-,68-65+. The molecular formula is C82H149NO10. The fourth-order valence-corrected chi connectivity index (χ4v) is 12.3. The summed E-state index contributed by atoms with van der Waals surface area (Å²) >= 11 is 0. The lowest BCUT2D eigenvalue weighted by molar-refractivity contribution is -0.305. The topological polar surface area (TPSA) is 175 Å². The number of hydrogen-bond acceptors (Lipinski definition) is 10. The predicted molar refractivity (Wildman–Crippen MR) is 393 cm³/mol. The Morgan fingerprint density at radius 2 is 0.742 bits per heavy atom. The normalized spacial score (nSPS) is 18.2. The molecule has 0 aliphatic carbocycles. The fourth-order valence-electron chi connectivity index (χ4n) is 12.3. The highest BCUT2D eigenvalue weighted by Gasteiger charge is 2.47. The zero-order valence-electron chi connectivity index (χ0n) is 60.6. The lowest BCUT2D eigenvalue weighted by atomic mass is 9.99. The van der Waals surface area contributed by atoms with Crippen LogP contribution in [0, 0.1) is 0 Å². The predicted octanol–water partition coefficient (Wildman–Crippen LogP) is 21.4. The van der Waals surface area contributed by atoms with Crippen LogP contribution >= 0.6 is 0 Å². The van der Waals surface area contributed by atoms with Crippen LogP contribution < -0.4 is 5.32 Å². The van der Waals surface area contributed by atoms with Crippen molar-refractivity contribution in [1.82, 2.24) is 5.32 Å². The first-order valence-electron chi connectivity index (χ1n) is 39.7. The van der Waals surface area contributed by atoms with E-state index in [9.17, 15) is 35.1 Å². The third kappa shape index (κ3) is 55.8. The molecule has 0 saturated carbocycles. The van der Waals surface area contributed by atoms with Crippen LogP contribution in [0.4, 0.5) is 0 Å². The van der Waals surface area contributed by atoms with Crippen LogP contribution in [0.5, 0.6) is 0 Å². The fraction of sp³-hybridized carbons (Fsp3) is 0.829. The molecule has 0 spiro atoms. The van der Waals surface area contributed by atoms with E-state index in [1.165, 1.54) is 250 Å². The minimum absolute atomic E-state index is 0.125. The van der Waals surface area contributed by atoms with Crippen LogP contribution in [0.2, 0.25) is 0 Å². The number of hydrogen-bond donors (Lipinski definition) is 6. The molecule has 1 aliphatic heterocycles. The molecule has 0 aromatic carbocycles. The van der Waals surface area contributed by atoms with E-state index in [1.807, 2.05) is 6.08 Å². The highest BCUT2D eigenvalue weighted by atomic mass is 16.7. The smallest absolute Gasteiger partial charge is 0.306 e. The van der Waals surface area contributed by atoms with Gasteiger partial charge in [0, 0.05) is 6.42 Å². The molecule has 0 aromatic rings. The molecule has 1 amide bonds. The van der Waals surface area contributed by atoms with E-state index in [0.717, 1.165) is 77.0 Å². The summed E-state index contributed by atoms with van der Waals surface area (Å²) in [4.78, 5) is 26.8. The van der Waals surface area contributed by atoms with Crippen LogP contribution in [-0.4, -0.2) is 99.6 Å². The lowest BCUT2D eigenvalue weighted by Gasteiger charge is -2.41. The average Bonchev–Trinajstić information content (AvgIpc) is 0.974. The molecule has 542 valence electrons. The Bertz CT molecular complexity index is 1800. The number of aliphatic hydroxyl groups excluding tert-OH is 5. The van der Waals surface area contributed by atoms with Gasteiger partial charge in [-0.2, -0.15) is 0 Å². The molecule has 1 rings (SSSR count). The van der Waals surface area contributed by atoms with Crippen LogP contribution in [-0.2, 0) is 23.8 Å². The van der Waals surface area contributed by atoms with Gasteiger partial charge in [0.25, 0.3) is 0 Å². The van der Waals surface area contributed by atoms with Gasteiger partial charge in [-0.3, -0.25) is 9.59 Å². The van der Waals surface area contributed by atoms with Crippen molar-refractivity contribution in [2.45, 2.75) is 423 Å². The second-order valence-corrected chi connectivity index (χ2v) is 27.4. The number of carbonyl (C=O) groups excluding carboxylic acids is 2. The Morgan fingerprint density at radius 3 is 1.13 bits per heavy atom. The molecule has 1 saturated heterocycles. The van der Waals surface area contributed by atoms with E-state index in [4.69, 9.17) is 14.2 Å². The third-order valence-electron chi connectivity index (χ3n) is 18.6. The summed E-state index contributed by atoms with van der Waals surface area (Å²) in [6.07, 6.45) is 81.0. The molecule has 1 heterocycles. The third-order valence-corrected chi connectivity index (χ3v) is 18.6. The first-order chi connectivity index (χ1) is 45.7. The minimum Gasteiger partial charge on any atom is -0.454 e. The molecule has 8 atom stereocenters. The average molecular weight is 1310 g/mol. The first kappa shape index (κ1) is 88.1. The van der Waals surface area contributed by atoms with Gasteiger partial charge in [0.05, 0.1) is 25.4 Å². The SMILES string of the molecule is CCCCC/C=C\C/C=C\C/C=C\CCCCCCCCCCCCCCCC(O)C(=O)NC(COC1OC(CO)C(O)C(O)C1OC(=O)CCCCCCCCCCCCCCCCCCC/C=C\C/C=C\CCCCC)C(O)/C=C/CCCCCCCCCCC. The maximum absolute atomic E-state index is 13.5. The zero-order valence-corrected chi connectivity index (χ0v) is 60.6. The van der Waals surface area contributed by atoms with Crippen molar-refractivity contribution in [1.29, 1.82) is 0 Å². The van der Waals surface area contributed by atoms with Crippen molar-refractivity contribution < 1.29 is 49.3 Å². The van der Waals surface area contributed by atoms with Gasteiger partial charge >= 0.3 is 5.97 Å². The maximum atomic E-state index is 13.5. The highest BCUT2D eigenvalue weighted by molar-refractivity contribution is 5.80. The number of esters is 1. The van der Waals surface area contributed by atoms with Crippen LogP contribution in [0.3, 0.4) is 0 Å². The second-order valence-electron chi connectivity index (χ2n) is 27.4. The Labute approximate surface area is 572 Å². The molecule has 0 bridgehead atoms. The summed E-state index contributed by atoms with van der Waals surface area (Å²) in [5.74, 6) is -1.18. The Hall–Kier alpha value is -2.90. The number of unbranched alkanes of at least 4 members (excludes halogenated alkanes) is 45. The molecule has 1 fully saturated rings. The molecule has 6 N–H and O–H groups in total. The van der Waals surface area contributed by atoms with Gasteiger partial charge < -0.3 is 45.1 Å². The van der Waals surface area contributed by atoms with Crippen LogP contribution in [0.15, 0.2) is 72.9 Å². The van der Waals surface area contributed by atoms with Crippen molar-refractivity contribution in [3.63, 3.8) is 0 Å². The Balaban J connectivity index is 2.47. The van der Waals surface area contributed by atoms with Crippen molar-refractivity contribution >= 4 is 11.9 Å². The summed E-state index contributed by atoms with van der Waals surface area (Å²) in [7, 11) is 0. The molecule has 0 radical (unpaired) electrons. The second kappa shape index (κ2) is 69.0. The first-order valence-corrected chi connectivity index (χ1v) is 39.7. The number of ether oxygens (including phenoxy) is 3. The molecule has 11 heteroatoms. The monoisotopic (exact) mass is 1310 g/mol. The highest BCUT2D eigenvalue weighted by Crippen LogP contribution is 2.27. The molecular weight excluding hydrogens is 1160 g/mol. The molecule has 11 nitrogen and oxygen atoms in total. The van der Waals surface area contributed by atoms with Gasteiger partial charge in [0.2, 0.25) is 5.91 Å². The summed E-state index contributed by atoms with van der Waals surface area (Å²) in [6, 6.07) is -1.03. The lowest BCUT2D eigenvalue weighted by Crippen LogP contribution is -2.61. The van der Waals surface area contributed by atoms with E-state index in [-0.39, 0.29) is 13.0 Å². The Kier molecular flexibility index (Phi) is 65.4. The number of aliphatic hydroxyl groups is 5. The van der Waals surface area contributed by atoms with Crippen molar-refractivity contribution in [3.8, 4) is 0 Å². The van der Waals surface area contributed by atoms with Gasteiger partial charge in [-0.15, -0.1) is 0 Å². The van der Waals surface area contributed by atoms with E-state index in [1.54, 1.807) is 6.08 Å². The van der Waals surface area contributed by atoms with E-state index in [2.05, 4.69) is 86.8 Å². The molecule has 93 heavy (non-hydrogen) atoms. The van der Waals surface area contributed by atoms with Crippen molar-refractivity contribution in [2.75, 3.05) is 13.2 Å².